The highest BCUT2D eigenvalue weighted by molar-refractivity contribution is 7.17. The average Bonchev–Trinajstić information content (AvgIpc) is 3.32. The topological polar surface area (TPSA) is 79.7 Å². The summed E-state index contributed by atoms with van der Waals surface area (Å²) >= 11 is 1.61. The number of anilines is 1. The fourth-order valence-corrected chi connectivity index (χ4v) is 4.18. The largest absolute Gasteiger partial charge is 0.384 e. The Hall–Kier alpha value is -2.12. The first kappa shape index (κ1) is 14.5. The molecule has 7 heteroatoms. The molecule has 1 aromatic heterocycles. The Balaban J connectivity index is 1.77. The third-order valence-electron chi connectivity index (χ3n) is 4.27. The van der Waals surface area contributed by atoms with Crippen molar-refractivity contribution in [1.82, 2.24) is 5.01 Å². The van der Waals surface area contributed by atoms with Crippen LogP contribution in [0, 0.1) is 5.82 Å². The van der Waals surface area contributed by atoms with E-state index in [0.717, 1.165) is 46.8 Å². The van der Waals surface area contributed by atoms with Gasteiger partial charge in [-0.25, -0.2) is 10.2 Å². The van der Waals surface area contributed by atoms with Gasteiger partial charge in [0.15, 0.2) is 5.84 Å². The Kier molecular flexibility index (Phi) is 3.46. The fraction of sp³-hybridized carbons (Fsp3) is 0.312. The standard InChI is InChI=1S/C16H18FN5S/c17-10-1-4-12-13(8-10)20-6-5-9-7-14(23-15(9)12)16(21-18)22(19)11-2-3-11/h1,4,7-8,11,20H,2-3,5-6,18-19H2/b21-16-. The van der Waals surface area contributed by atoms with Gasteiger partial charge in [0, 0.05) is 28.7 Å². The van der Waals surface area contributed by atoms with Crippen molar-refractivity contribution in [3.8, 4) is 10.4 Å². The first-order chi connectivity index (χ1) is 11.2. The van der Waals surface area contributed by atoms with E-state index in [1.54, 1.807) is 22.4 Å². The van der Waals surface area contributed by atoms with Crippen LogP contribution in [0.25, 0.3) is 10.4 Å². The summed E-state index contributed by atoms with van der Waals surface area (Å²) in [4.78, 5) is 2.09. The van der Waals surface area contributed by atoms with E-state index in [1.165, 1.54) is 11.6 Å². The zero-order valence-corrected chi connectivity index (χ0v) is 13.4. The molecule has 5 N–H and O–H groups in total. The van der Waals surface area contributed by atoms with E-state index in [1.807, 2.05) is 6.07 Å². The van der Waals surface area contributed by atoms with E-state index in [-0.39, 0.29) is 5.82 Å². The quantitative estimate of drug-likeness (QED) is 0.342. The van der Waals surface area contributed by atoms with E-state index >= 15 is 0 Å². The first-order valence-electron chi connectivity index (χ1n) is 7.66. The summed E-state index contributed by atoms with van der Waals surface area (Å²) in [6, 6.07) is 7.30. The van der Waals surface area contributed by atoms with Gasteiger partial charge in [-0.3, -0.25) is 5.01 Å². The lowest BCUT2D eigenvalue weighted by molar-refractivity contribution is 0.430. The van der Waals surface area contributed by atoms with Crippen LogP contribution in [-0.2, 0) is 6.42 Å². The lowest BCUT2D eigenvalue weighted by Crippen LogP contribution is -2.40. The molecule has 23 heavy (non-hydrogen) atoms. The second kappa shape index (κ2) is 5.50. The molecule has 1 aliphatic heterocycles. The normalized spacial score (nSPS) is 17.0. The number of hydrogen-bond donors (Lipinski definition) is 3. The van der Waals surface area contributed by atoms with Crippen LogP contribution in [-0.4, -0.2) is 23.4 Å². The molecule has 1 aromatic carbocycles. The van der Waals surface area contributed by atoms with Gasteiger partial charge in [-0.05, 0) is 49.1 Å². The lowest BCUT2D eigenvalue weighted by atomic mass is 10.1. The summed E-state index contributed by atoms with van der Waals surface area (Å²) in [6.45, 7) is 0.768. The smallest absolute Gasteiger partial charge is 0.179 e. The number of rotatable bonds is 2. The van der Waals surface area contributed by atoms with Gasteiger partial charge in [-0.1, -0.05) is 0 Å². The average molecular weight is 331 g/mol. The fourth-order valence-electron chi connectivity index (χ4n) is 2.93. The Morgan fingerprint density at radius 2 is 2.17 bits per heavy atom. The molecule has 0 saturated heterocycles. The maximum Gasteiger partial charge on any atom is 0.179 e. The molecule has 4 rings (SSSR count). The predicted molar refractivity (Wildman–Crippen MR) is 91.7 cm³/mol. The number of nitrogens with zero attached hydrogens (tertiary/aromatic N) is 2. The zero-order valence-electron chi connectivity index (χ0n) is 12.6. The molecule has 0 radical (unpaired) electrons. The Labute approximate surface area is 137 Å². The monoisotopic (exact) mass is 331 g/mol. The molecule has 0 unspecified atom stereocenters. The number of benzene rings is 1. The molecule has 2 aliphatic rings. The Bertz CT molecular complexity index is 781. The van der Waals surface area contributed by atoms with Gasteiger partial charge >= 0.3 is 0 Å². The van der Waals surface area contributed by atoms with Crippen LogP contribution >= 0.6 is 11.3 Å². The van der Waals surface area contributed by atoms with Gasteiger partial charge in [-0.2, -0.15) is 5.10 Å². The van der Waals surface area contributed by atoms with Crippen LogP contribution in [0.3, 0.4) is 0 Å². The summed E-state index contributed by atoms with van der Waals surface area (Å²) in [5.41, 5.74) is 3.06. The van der Waals surface area contributed by atoms with Gasteiger partial charge in [0.1, 0.15) is 5.82 Å². The summed E-state index contributed by atoms with van der Waals surface area (Å²) in [5, 5.41) is 8.87. The molecule has 0 spiro atoms. The molecular weight excluding hydrogens is 313 g/mol. The molecule has 1 fully saturated rings. The summed E-state index contributed by atoms with van der Waals surface area (Å²) < 4.78 is 13.5. The van der Waals surface area contributed by atoms with Crippen molar-refractivity contribution in [2.45, 2.75) is 25.3 Å². The van der Waals surface area contributed by atoms with Crippen LogP contribution in [0.2, 0.25) is 0 Å². The number of hydrogen-bond acceptors (Lipinski definition) is 5. The highest BCUT2D eigenvalue weighted by Gasteiger charge is 2.31. The molecule has 2 heterocycles. The molecule has 5 nitrogen and oxygen atoms in total. The summed E-state index contributed by atoms with van der Waals surface area (Å²) in [6.07, 6.45) is 3.02. The molecule has 1 aliphatic carbocycles. The van der Waals surface area contributed by atoms with Crippen molar-refractivity contribution in [3.05, 3.63) is 40.5 Å². The van der Waals surface area contributed by atoms with Crippen molar-refractivity contribution in [1.29, 1.82) is 0 Å². The number of nitrogens with one attached hydrogen (secondary N) is 1. The van der Waals surface area contributed by atoms with E-state index in [4.69, 9.17) is 11.7 Å². The van der Waals surface area contributed by atoms with Crippen molar-refractivity contribution < 1.29 is 4.39 Å². The lowest BCUT2D eigenvalue weighted by Gasteiger charge is -2.18. The Morgan fingerprint density at radius 3 is 2.91 bits per heavy atom. The van der Waals surface area contributed by atoms with Crippen LogP contribution in [0.4, 0.5) is 10.1 Å². The molecule has 1 saturated carbocycles. The number of nitrogens with two attached hydrogens (primary N) is 2. The van der Waals surface area contributed by atoms with Gasteiger partial charge in [0.05, 0.1) is 4.88 Å². The van der Waals surface area contributed by atoms with E-state index in [2.05, 4.69) is 16.5 Å². The number of fused-ring (bicyclic) bond motifs is 3. The zero-order chi connectivity index (χ0) is 16.0. The van der Waals surface area contributed by atoms with Crippen molar-refractivity contribution in [2.24, 2.45) is 16.8 Å². The molecule has 120 valence electrons. The van der Waals surface area contributed by atoms with Crippen molar-refractivity contribution >= 4 is 22.9 Å². The number of hydrazine groups is 1. The minimum atomic E-state index is -0.234. The van der Waals surface area contributed by atoms with Gasteiger partial charge in [0.25, 0.3) is 0 Å². The van der Waals surface area contributed by atoms with Gasteiger partial charge < -0.3 is 11.2 Å². The second-order valence-corrected chi connectivity index (χ2v) is 6.98. The molecule has 2 aromatic rings. The van der Waals surface area contributed by atoms with Crippen LogP contribution in [0.15, 0.2) is 29.4 Å². The van der Waals surface area contributed by atoms with Crippen LogP contribution in [0.5, 0.6) is 0 Å². The predicted octanol–water partition coefficient (Wildman–Crippen LogP) is 2.48. The molecular formula is C16H18FN5S. The highest BCUT2D eigenvalue weighted by Crippen LogP contribution is 2.40. The highest BCUT2D eigenvalue weighted by atomic mass is 32.1. The van der Waals surface area contributed by atoms with Crippen LogP contribution in [0.1, 0.15) is 23.3 Å². The number of halogens is 1. The molecule has 0 amide bonds. The number of hydrazone groups is 1. The number of amidine groups is 1. The first-order valence-corrected chi connectivity index (χ1v) is 8.47. The van der Waals surface area contributed by atoms with Crippen molar-refractivity contribution in [2.75, 3.05) is 11.9 Å². The maximum absolute atomic E-state index is 13.5. The summed E-state index contributed by atoms with van der Waals surface area (Å²) in [7, 11) is 0. The van der Waals surface area contributed by atoms with Gasteiger partial charge in [-0.15, -0.1) is 11.3 Å². The SMILES string of the molecule is N/N=C(/c1cc2c(s1)-c1ccc(F)cc1NCC2)N(N)C1CC1. The maximum atomic E-state index is 13.5. The van der Waals surface area contributed by atoms with Gasteiger partial charge in [0.2, 0.25) is 0 Å². The second-order valence-electron chi connectivity index (χ2n) is 5.92. The number of thiophene rings is 1. The van der Waals surface area contributed by atoms with Crippen LogP contribution < -0.4 is 17.0 Å². The molecule has 0 bridgehead atoms. The molecule has 0 atom stereocenters. The summed E-state index contributed by atoms with van der Waals surface area (Å²) in [5.74, 6) is 12.1. The minimum Gasteiger partial charge on any atom is -0.384 e. The van der Waals surface area contributed by atoms with E-state index in [0.29, 0.717) is 11.9 Å². The van der Waals surface area contributed by atoms with E-state index < -0.39 is 0 Å². The third-order valence-corrected chi connectivity index (χ3v) is 5.48. The Morgan fingerprint density at radius 1 is 1.35 bits per heavy atom. The minimum absolute atomic E-state index is 0.234. The van der Waals surface area contributed by atoms with E-state index in [9.17, 15) is 4.39 Å². The van der Waals surface area contributed by atoms with Crippen molar-refractivity contribution in [3.63, 3.8) is 0 Å². The third kappa shape index (κ3) is 2.55.